The predicted octanol–water partition coefficient (Wildman–Crippen LogP) is 2.88. The van der Waals surface area contributed by atoms with Gasteiger partial charge in [-0.3, -0.25) is 4.79 Å². The summed E-state index contributed by atoms with van der Waals surface area (Å²) in [4.78, 5) is 11.0. The average molecular weight is 275 g/mol. The quantitative estimate of drug-likeness (QED) is 0.628. The number of cyclic esters (lactones) is 1. The van der Waals surface area contributed by atoms with Crippen LogP contribution in [-0.4, -0.2) is 18.7 Å². The highest BCUT2D eigenvalue weighted by Gasteiger charge is 2.24. The number of aryl methyl sites for hydroxylation is 2. The van der Waals surface area contributed by atoms with Crippen LogP contribution in [0, 0.1) is 32.0 Å². The number of carbonyl (C=O) groups is 1. The third-order valence-corrected chi connectivity index (χ3v) is 3.44. The van der Waals surface area contributed by atoms with E-state index in [0.717, 1.165) is 16.7 Å². The van der Waals surface area contributed by atoms with Crippen molar-refractivity contribution in [2.24, 2.45) is 0 Å². The maximum absolute atomic E-state index is 11.0. The summed E-state index contributed by atoms with van der Waals surface area (Å²) in [6.45, 7) is 6.03. The Morgan fingerprint density at radius 2 is 2.20 bits per heavy atom. The van der Waals surface area contributed by atoms with E-state index in [4.69, 9.17) is 9.47 Å². The zero-order valence-corrected chi connectivity index (χ0v) is 11.9. The molecule has 0 radical (unpaired) electrons. The van der Waals surface area contributed by atoms with Gasteiger partial charge in [-0.15, -0.1) is 0 Å². The van der Waals surface area contributed by atoms with Crippen LogP contribution in [0.25, 0.3) is 5.01 Å². The van der Waals surface area contributed by atoms with Crippen molar-refractivity contribution >= 4 is 5.97 Å². The van der Waals surface area contributed by atoms with Gasteiger partial charge in [0.25, 0.3) is 0 Å². The molecule has 1 aliphatic heterocycles. The van der Waals surface area contributed by atoms with Crippen LogP contribution in [0.2, 0.25) is 0 Å². The van der Waals surface area contributed by atoms with E-state index in [1.165, 1.54) is 0 Å². The first-order valence-corrected chi connectivity index (χ1v) is 6.54. The fourth-order valence-electron chi connectivity index (χ4n) is 2.48. The zero-order valence-electron chi connectivity index (χ0n) is 11.9. The molecule has 1 fully saturated rings. The molecule has 0 saturated carbocycles. The van der Waals surface area contributed by atoms with E-state index in [1.807, 2.05) is 26.8 Å². The molecule has 1 aromatic carbocycles. The monoisotopic (exact) mass is 275 g/mol. The van der Waals surface area contributed by atoms with Gasteiger partial charge in [-0.25, -0.2) is 0 Å². The van der Waals surface area contributed by atoms with Crippen molar-refractivity contribution < 1.29 is 14.3 Å². The molecule has 1 aromatic rings. The van der Waals surface area contributed by atoms with E-state index < -0.39 is 0 Å². The summed E-state index contributed by atoms with van der Waals surface area (Å²) in [5.74, 6) is 0.521. The summed E-state index contributed by atoms with van der Waals surface area (Å²) < 4.78 is 10.9. The standard InChI is InChI=1S/C15H17NO4/c1-9-6-10(2)15(11(3)13(9)7-16-18)19-8-12-4-5-14(17)20-12/h6,12H,4-5,8H2,1-3H3. The molecule has 0 aromatic heterocycles. The van der Waals surface area contributed by atoms with E-state index in [2.05, 4.69) is 11.1 Å². The molecule has 1 aliphatic rings. The lowest BCUT2D eigenvalue weighted by Gasteiger charge is -2.16. The zero-order chi connectivity index (χ0) is 14.7. The Hall–Kier alpha value is -2.22. The summed E-state index contributed by atoms with van der Waals surface area (Å²) in [5, 5.41) is 13.1. The summed E-state index contributed by atoms with van der Waals surface area (Å²) >= 11 is 0. The molecular weight excluding hydrogens is 258 g/mol. The van der Waals surface area contributed by atoms with Gasteiger partial charge in [0.15, 0.2) is 0 Å². The normalized spacial score (nSPS) is 17.4. The lowest BCUT2D eigenvalue weighted by atomic mass is 9.99. The van der Waals surface area contributed by atoms with Gasteiger partial charge in [0.1, 0.15) is 24.0 Å². The third kappa shape index (κ3) is 2.85. The highest BCUT2D eigenvalue weighted by atomic mass is 16.6. The van der Waals surface area contributed by atoms with Crippen molar-refractivity contribution in [3.05, 3.63) is 38.5 Å². The van der Waals surface area contributed by atoms with E-state index in [0.29, 0.717) is 30.8 Å². The molecule has 1 heterocycles. The smallest absolute Gasteiger partial charge is 0.337 e. The van der Waals surface area contributed by atoms with Crippen LogP contribution >= 0.6 is 0 Å². The van der Waals surface area contributed by atoms with Gasteiger partial charge in [-0.2, -0.15) is 0 Å². The van der Waals surface area contributed by atoms with Crippen molar-refractivity contribution in [2.75, 3.05) is 6.61 Å². The van der Waals surface area contributed by atoms with E-state index in [1.54, 1.807) is 0 Å². The molecule has 106 valence electrons. The Balaban J connectivity index is 2.20. The molecular formula is C15H17NO4. The van der Waals surface area contributed by atoms with Crippen LogP contribution < -0.4 is 4.74 Å². The highest BCUT2D eigenvalue weighted by molar-refractivity contribution is 5.71. The number of benzene rings is 1. The largest absolute Gasteiger partial charge is 0.498 e. The number of ether oxygens (including phenoxy) is 2. The maximum Gasteiger partial charge on any atom is 0.337 e. The van der Waals surface area contributed by atoms with Gasteiger partial charge in [0.05, 0.1) is 0 Å². The van der Waals surface area contributed by atoms with Crippen LogP contribution in [0.15, 0.2) is 6.07 Å². The summed E-state index contributed by atoms with van der Waals surface area (Å²) in [6, 6.07) is 4.38. The Morgan fingerprint density at radius 1 is 1.45 bits per heavy atom. The van der Waals surface area contributed by atoms with Crippen molar-refractivity contribution in [1.82, 2.24) is 0 Å². The topological polar surface area (TPSA) is 63.0 Å². The van der Waals surface area contributed by atoms with Gasteiger partial charge in [0.2, 0.25) is 0 Å². The fraction of sp³-hybridized carbons (Fsp3) is 0.467. The van der Waals surface area contributed by atoms with Crippen molar-refractivity contribution in [3.8, 4) is 11.8 Å². The van der Waals surface area contributed by atoms with Gasteiger partial charge in [-0.1, -0.05) is 6.07 Å². The minimum absolute atomic E-state index is 0.177. The van der Waals surface area contributed by atoms with E-state index in [9.17, 15) is 10.0 Å². The number of rotatable bonds is 3. The molecule has 0 bridgehead atoms. The second-order valence-electron chi connectivity index (χ2n) is 5.00. The minimum Gasteiger partial charge on any atom is -0.498 e. The van der Waals surface area contributed by atoms with Crippen LogP contribution in [0.1, 0.15) is 35.1 Å². The number of hydrogen-bond acceptors (Lipinski definition) is 4. The number of nitrogens with zero attached hydrogens (tertiary/aromatic N) is 1. The first kappa shape index (κ1) is 14.2. The average Bonchev–Trinajstić information content (AvgIpc) is 2.80. The molecule has 1 atom stereocenters. The second kappa shape index (κ2) is 5.83. The Bertz CT molecular complexity index is 598. The molecule has 0 N–H and O–H groups in total. The second-order valence-corrected chi connectivity index (χ2v) is 5.00. The SMILES string of the molecule is Cc1cc(C)c(OCC2CCC(=O)O2)c(C)c1C#[N+][O-]. The Morgan fingerprint density at radius 3 is 2.80 bits per heavy atom. The minimum atomic E-state index is -0.191. The molecule has 2 rings (SSSR count). The molecule has 0 amide bonds. The van der Waals surface area contributed by atoms with Gasteiger partial charge in [-0.05, 0) is 38.3 Å². The number of hydrogen-bond donors (Lipinski definition) is 0. The Kier molecular flexibility index (Phi) is 4.14. The first-order chi connectivity index (χ1) is 9.52. The van der Waals surface area contributed by atoms with Crippen LogP contribution in [-0.2, 0) is 9.53 Å². The van der Waals surface area contributed by atoms with Gasteiger partial charge in [0, 0.05) is 17.0 Å². The van der Waals surface area contributed by atoms with Gasteiger partial charge < -0.3 is 14.7 Å². The van der Waals surface area contributed by atoms with Crippen molar-refractivity contribution in [2.45, 2.75) is 39.7 Å². The summed E-state index contributed by atoms with van der Waals surface area (Å²) in [7, 11) is 0. The van der Waals surface area contributed by atoms with E-state index in [-0.39, 0.29) is 12.1 Å². The van der Waals surface area contributed by atoms with Crippen LogP contribution in [0.5, 0.6) is 5.75 Å². The van der Waals surface area contributed by atoms with Crippen LogP contribution in [0.3, 0.4) is 0 Å². The fourth-order valence-corrected chi connectivity index (χ4v) is 2.48. The maximum atomic E-state index is 11.0. The first-order valence-electron chi connectivity index (χ1n) is 6.54. The summed E-state index contributed by atoms with van der Waals surface area (Å²) in [5.41, 5.74) is 3.38. The van der Waals surface area contributed by atoms with Crippen molar-refractivity contribution in [3.63, 3.8) is 0 Å². The molecule has 1 unspecified atom stereocenters. The summed E-state index contributed by atoms with van der Waals surface area (Å²) in [6.07, 6.45) is 0.939. The predicted molar refractivity (Wildman–Crippen MR) is 75.0 cm³/mol. The van der Waals surface area contributed by atoms with Crippen molar-refractivity contribution in [1.29, 1.82) is 0 Å². The third-order valence-electron chi connectivity index (χ3n) is 3.44. The molecule has 1 saturated heterocycles. The van der Waals surface area contributed by atoms with Gasteiger partial charge >= 0.3 is 12.0 Å². The number of carbonyl (C=O) groups excluding carboxylic acids is 1. The molecule has 20 heavy (non-hydrogen) atoms. The lowest BCUT2D eigenvalue weighted by Crippen LogP contribution is -2.18. The lowest BCUT2D eigenvalue weighted by molar-refractivity contribution is -0.142. The number of esters is 1. The molecule has 0 spiro atoms. The molecule has 5 heteroatoms. The van der Waals surface area contributed by atoms with Crippen LogP contribution in [0.4, 0.5) is 0 Å². The van der Waals surface area contributed by atoms with E-state index >= 15 is 0 Å². The molecule has 5 nitrogen and oxygen atoms in total. The highest BCUT2D eigenvalue weighted by Crippen LogP contribution is 2.29. The Labute approximate surface area is 117 Å². The molecule has 0 aliphatic carbocycles.